The van der Waals surface area contributed by atoms with E-state index >= 15 is 0 Å². The highest BCUT2D eigenvalue weighted by atomic mass is 16.5. The minimum Gasteiger partial charge on any atom is -0.379 e. The number of anilines is 1. The maximum absolute atomic E-state index is 12.8. The maximum atomic E-state index is 12.8. The Kier molecular flexibility index (Phi) is 6.40. The Hall–Kier alpha value is -4.69. The first-order valence-electron chi connectivity index (χ1n) is 13.6. The van der Waals surface area contributed by atoms with Gasteiger partial charge in [-0.25, -0.2) is 4.98 Å². The van der Waals surface area contributed by atoms with Crippen molar-refractivity contribution in [2.24, 2.45) is 0 Å². The Morgan fingerprint density at radius 1 is 1.17 bits per heavy atom. The van der Waals surface area contributed by atoms with E-state index in [0.29, 0.717) is 52.3 Å². The highest BCUT2D eigenvalue weighted by Crippen LogP contribution is 2.27. The molecule has 41 heavy (non-hydrogen) atoms. The molecule has 2 saturated heterocycles. The van der Waals surface area contributed by atoms with Crippen molar-refractivity contribution in [1.29, 1.82) is 0 Å². The van der Waals surface area contributed by atoms with E-state index in [9.17, 15) is 14.4 Å². The normalized spacial score (nSPS) is 18.9. The number of morpholine rings is 1. The molecule has 0 bridgehead atoms. The highest BCUT2D eigenvalue weighted by molar-refractivity contribution is 6.15. The van der Waals surface area contributed by atoms with Crippen LogP contribution in [0.3, 0.4) is 0 Å². The molecule has 1 aromatic carbocycles. The number of fused-ring (bicyclic) bond motifs is 2. The predicted octanol–water partition coefficient (Wildman–Crippen LogP) is 0.529. The van der Waals surface area contributed by atoms with Crippen LogP contribution in [0, 0.1) is 0 Å². The van der Waals surface area contributed by atoms with Crippen molar-refractivity contribution >= 4 is 46.4 Å². The monoisotopic (exact) mass is 556 g/mol. The first-order valence-corrected chi connectivity index (χ1v) is 13.6. The average Bonchev–Trinajstić information content (AvgIpc) is 3.39. The summed E-state index contributed by atoms with van der Waals surface area (Å²) in [6.45, 7) is 4.52. The third-order valence-electron chi connectivity index (χ3n) is 7.36. The van der Waals surface area contributed by atoms with Gasteiger partial charge in [0.25, 0.3) is 11.8 Å². The van der Waals surface area contributed by atoms with Crippen LogP contribution in [0.15, 0.2) is 36.3 Å². The van der Waals surface area contributed by atoms with Crippen LogP contribution in [-0.4, -0.2) is 97.2 Å². The van der Waals surface area contributed by atoms with Gasteiger partial charge >= 0.3 is 0 Å². The van der Waals surface area contributed by atoms with E-state index in [0.717, 1.165) is 51.2 Å². The Morgan fingerprint density at radius 3 is 2.80 bits per heavy atom. The average molecular weight is 557 g/mol. The Labute approximate surface area is 233 Å². The molecule has 5 heterocycles. The van der Waals surface area contributed by atoms with Gasteiger partial charge in [0.2, 0.25) is 17.8 Å². The zero-order valence-electron chi connectivity index (χ0n) is 22.2. The Morgan fingerprint density at radius 2 is 2.02 bits per heavy atom. The van der Waals surface area contributed by atoms with Crippen LogP contribution in [0.4, 0.5) is 5.95 Å². The summed E-state index contributed by atoms with van der Waals surface area (Å²) in [7, 11) is 0. The van der Waals surface area contributed by atoms with Gasteiger partial charge in [0.15, 0.2) is 5.65 Å². The Bertz CT molecular complexity index is 1710. The van der Waals surface area contributed by atoms with Gasteiger partial charge in [-0.3, -0.25) is 29.2 Å². The van der Waals surface area contributed by atoms with Crippen LogP contribution in [-0.2, 0) is 14.3 Å². The second kappa shape index (κ2) is 10.4. The first kappa shape index (κ1) is 25.3. The van der Waals surface area contributed by atoms with Crippen LogP contribution in [0.2, 0.25) is 0 Å². The van der Waals surface area contributed by atoms with Gasteiger partial charge < -0.3 is 15.4 Å². The van der Waals surface area contributed by atoms with Crippen LogP contribution in [0.25, 0.3) is 28.7 Å². The molecule has 4 aromatic rings. The van der Waals surface area contributed by atoms with Crippen LogP contribution in [0.1, 0.15) is 35.2 Å². The smallest absolute Gasteiger partial charge is 0.254 e. The number of amides is 3. The fraction of sp³-hybridized carbons (Fsp3) is 0.370. The molecule has 3 amide bonds. The van der Waals surface area contributed by atoms with Crippen molar-refractivity contribution in [3.05, 3.63) is 47.4 Å². The number of aromatic nitrogens is 6. The maximum Gasteiger partial charge on any atom is 0.254 e. The van der Waals surface area contributed by atoms with Crippen molar-refractivity contribution in [1.82, 2.24) is 44.7 Å². The number of carbonyl (C=O) groups excluding carboxylic acids is 3. The summed E-state index contributed by atoms with van der Waals surface area (Å²) in [4.78, 5) is 52.9. The second-order valence-electron chi connectivity index (χ2n) is 10.4. The standard InChI is InChI=1S/C27H28N10O4/c38-22-13-17(25(40)32-22)11-18-14-30-37-23(18)33-26(34-27(37)31-19-2-3-19)36-15-29-20-12-16(1-4-21(20)36)24(39)28-5-6-35-7-9-41-10-8-35/h1,4,11-12,14-15,19H,2-3,5-10,13H2,(H,28,39)(H,31,33,34)(H,32,38,40). The van der Waals surface area contributed by atoms with Crippen molar-refractivity contribution in [2.75, 3.05) is 44.7 Å². The zero-order valence-corrected chi connectivity index (χ0v) is 22.2. The molecule has 14 heteroatoms. The van der Waals surface area contributed by atoms with E-state index in [-0.39, 0.29) is 18.2 Å². The van der Waals surface area contributed by atoms with E-state index in [1.807, 2.05) is 6.07 Å². The second-order valence-corrected chi connectivity index (χ2v) is 10.4. The summed E-state index contributed by atoms with van der Waals surface area (Å²) >= 11 is 0. The molecule has 0 unspecified atom stereocenters. The largest absolute Gasteiger partial charge is 0.379 e. The SMILES string of the molecule is O=C1CC(=Cc2cnn3c(NC4CC4)nc(-n4cnc5cc(C(=O)NCCN6CCOCC6)ccc54)nc23)C(=O)N1. The minimum absolute atomic E-state index is 0.0105. The highest BCUT2D eigenvalue weighted by Gasteiger charge is 2.26. The lowest BCUT2D eigenvalue weighted by molar-refractivity contribution is -0.124. The number of nitrogens with zero attached hydrogens (tertiary/aromatic N) is 7. The number of imide groups is 1. The molecule has 7 rings (SSSR count). The molecular formula is C27H28N10O4. The molecule has 14 nitrogen and oxygen atoms in total. The molecular weight excluding hydrogens is 528 g/mol. The van der Waals surface area contributed by atoms with Crippen LogP contribution < -0.4 is 16.0 Å². The quantitative estimate of drug-likeness (QED) is 0.206. The van der Waals surface area contributed by atoms with Crippen LogP contribution in [0.5, 0.6) is 0 Å². The number of imidazole rings is 1. The van der Waals surface area contributed by atoms with Gasteiger partial charge in [0, 0.05) is 48.9 Å². The number of hydrogen-bond acceptors (Lipinski definition) is 10. The molecule has 3 fully saturated rings. The molecule has 0 radical (unpaired) electrons. The van der Waals surface area contributed by atoms with Crippen molar-refractivity contribution in [3.8, 4) is 5.95 Å². The van der Waals surface area contributed by atoms with E-state index in [1.54, 1.807) is 39.8 Å². The molecule has 1 saturated carbocycles. The summed E-state index contributed by atoms with van der Waals surface area (Å²) in [5, 5.41) is 13.1. The lowest BCUT2D eigenvalue weighted by Gasteiger charge is -2.26. The summed E-state index contributed by atoms with van der Waals surface area (Å²) in [6.07, 6.45) is 6.94. The topological polar surface area (TPSA) is 161 Å². The van der Waals surface area contributed by atoms with Crippen molar-refractivity contribution < 1.29 is 19.1 Å². The summed E-state index contributed by atoms with van der Waals surface area (Å²) in [5.41, 5.74) is 3.31. The predicted molar refractivity (Wildman–Crippen MR) is 147 cm³/mol. The van der Waals surface area contributed by atoms with E-state index in [2.05, 4.69) is 30.9 Å². The van der Waals surface area contributed by atoms with Gasteiger partial charge in [-0.15, -0.1) is 0 Å². The van der Waals surface area contributed by atoms with E-state index < -0.39 is 5.91 Å². The zero-order chi connectivity index (χ0) is 27.9. The summed E-state index contributed by atoms with van der Waals surface area (Å²) < 4.78 is 8.72. The number of rotatable bonds is 8. The van der Waals surface area contributed by atoms with Crippen molar-refractivity contribution in [2.45, 2.75) is 25.3 Å². The van der Waals surface area contributed by atoms with Gasteiger partial charge in [-0.05, 0) is 37.1 Å². The third kappa shape index (κ3) is 5.14. The molecule has 3 aliphatic rings. The molecule has 1 aliphatic carbocycles. The fourth-order valence-electron chi connectivity index (χ4n) is 4.97. The Balaban J connectivity index is 1.18. The summed E-state index contributed by atoms with van der Waals surface area (Å²) in [6, 6.07) is 5.64. The number of benzene rings is 1. The number of ether oxygens (including phenoxy) is 1. The van der Waals surface area contributed by atoms with Gasteiger partial charge in [0.1, 0.15) is 6.33 Å². The molecule has 2 aliphatic heterocycles. The van der Waals surface area contributed by atoms with E-state index in [1.165, 1.54) is 0 Å². The van der Waals surface area contributed by atoms with Gasteiger partial charge in [-0.1, -0.05) is 0 Å². The molecule has 3 N–H and O–H groups in total. The molecule has 3 aromatic heterocycles. The molecule has 0 spiro atoms. The van der Waals surface area contributed by atoms with E-state index in [4.69, 9.17) is 14.7 Å². The lowest BCUT2D eigenvalue weighted by atomic mass is 10.1. The molecule has 210 valence electrons. The number of carbonyl (C=O) groups is 3. The number of hydrogen-bond donors (Lipinski definition) is 3. The first-order chi connectivity index (χ1) is 20.0. The molecule has 0 atom stereocenters. The van der Waals surface area contributed by atoms with Gasteiger partial charge in [-0.2, -0.15) is 19.6 Å². The van der Waals surface area contributed by atoms with Gasteiger partial charge in [0.05, 0.1) is 36.9 Å². The fourth-order valence-corrected chi connectivity index (χ4v) is 4.97. The summed E-state index contributed by atoms with van der Waals surface area (Å²) in [5.74, 6) is -0.0319. The van der Waals surface area contributed by atoms with Crippen molar-refractivity contribution in [3.63, 3.8) is 0 Å². The lowest BCUT2D eigenvalue weighted by Crippen LogP contribution is -2.41. The number of nitrogens with one attached hydrogen (secondary N) is 3. The third-order valence-corrected chi connectivity index (χ3v) is 7.36. The van der Waals surface area contributed by atoms with Crippen LogP contribution >= 0.6 is 0 Å². The minimum atomic E-state index is -0.415.